The fourth-order valence-electron chi connectivity index (χ4n) is 1.94. The summed E-state index contributed by atoms with van der Waals surface area (Å²) in [4.78, 5) is 14.0. The highest BCUT2D eigenvalue weighted by molar-refractivity contribution is 7.99. The van der Waals surface area contributed by atoms with Gasteiger partial charge in [0.1, 0.15) is 0 Å². The molecule has 0 saturated carbocycles. The molecule has 1 saturated heterocycles. The third kappa shape index (κ3) is 3.30. The van der Waals surface area contributed by atoms with Gasteiger partial charge in [-0.1, -0.05) is 0 Å². The molecule has 0 bridgehead atoms. The fourth-order valence-corrected chi connectivity index (χ4v) is 2.16. The highest BCUT2D eigenvalue weighted by Crippen LogP contribution is 2.28. The Morgan fingerprint density at radius 3 is 2.56 bits per heavy atom. The van der Waals surface area contributed by atoms with E-state index in [4.69, 9.17) is 0 Å². The molecule has 1 heterocycles. The van der Waals surface area contributed by atoms with Gasteiger partial charge in [-0.2, -0.15) is 11.8 Å². The zero-order valence-electron chi connectivity index (χ0n) is 11.1. The molecular formula is C12H24N2OS. The first-order valence-corrected chi connectivity index (χ1v) is 7.12. The number of thioether (sulfide) groups is 1. The number of nitrogens with one attached hydrogen (secondary N) is 1. The van der Waals surface area contributed by atoms with Crippen LogP contribution in [0.4, 0.5) is 4.79 Å². The van der Waals surface area contributed by atoms with E-state index >= 15 is 0 Å². The first-order valence-electron chi connectivity index (χ1n) is 5.89. The molecule has 1 aliphatic rings. The summed E-state index contributed by atoms with van der Waals surface area (Å²) >= 11 is 1.78. The minimum atomic E-state index is 0.0214. The van der Waals surface area contributed by atoms with E-state index in [0.717, 1.165) is 25.9 Å². The van der Waals surface area contributed by atoms with Gasteiger partial charge in [-0.25, -0.2) is 4.79 Å². The van der Waals surface area contributed by atoms with E-state index in [0.29, 0.717) is 0 Å². The van der Waals surface area contributed by atoms with Crippen molar-refractivity contribution in [2.45, 2.75) is 50.8 Å². The van der Waals surface area contributed by atoms with Crippen molar-refractivity contribution in [3.63, 3.8) is 0 Å². The van der Waals surface area contributed by atoms with Crippen LogP contribution in [0.1, 0.15) is 40.5 Å². The molecule has 0 aromatic heterocycles. The summed E-state index contributed by atoms with van der Waals surface area (Å²) in [7, 11) is 0. The standard InChI is InChI=1S/C12H24N2OS/c1-11(2)7-6-8-14(11)10(15)13-9-12(3,4)16-5/h6-9H2,1-5H3,(H,13,15). The number of carbonyl (C=O) groups excluding carboxylic acids is 1. The molecule has 94 valence electrons. The smallest absolute Gasteiger partial charge is 0.317 e. The van der Waals surface area contributed by atoms with Gasteiger partial charge in [0, 0.05) is 23.4 Å². The molecule has 1 aliphatic heterocycles. The number of rotatable bonds is 3. The summed E-state index contributed by atoms with van der Waals surface area (Å²) in [5.41, 5.74) is 0.0214. The molecular weight excluding hydrogens is 220 g/mol. The lowest BCUT2D eigenvalue weighted by atomic mass is 10.0. The molecule has 1 N–H and O–H groups in total. The van der Waals surface area contributed by atoms with Crippen LogP contribution in [-0.4, -0.2) is 40.6 Å². The molecule has 16 heavy (non-hydrogen) atoms. The van der Waals surface area contributed by atoms with Gasteiger partial charge in [0.25, 0.3) is 0 Å². The van der Waals surface area contributed by atoms with Gasteiger partial charge in [0.15, 0.2) is 0 Å². The van der Waals surface area contributed by atoms with Crippen molar-refractivity contribution in [3.8, 4) is 0 Å². The quantitative estimate of drug-likeness (QED) is 0.828. The fraction of sp³-hybridized carbons (Fsp3) is 0.917. The van der Waals surface area contributed by atoms with Crippen molar-refractivity contribution < 1.29 is 4.79 Å². The normalized spacial score (nSPS) is 19.9. The van der Waals surface area contributed by atoms with Gasteiger partial charge in [-0.15, -0.1) is 0 Å². The second kappa shape index (κ2) is 4.86. The molecule has 0 aliphatic carbocycles. The van der Waals surface area contributed by atoms with Crippen molar-refractivity contribution in [3.05, 3.63) is 0 Å². The Morgan fingerprint density at radius 1 is 1.50 bits per heavy atom. The number of carbonyl (C=O) groups is 1. The van der Waals surface area contributed by atoms with Crippen LogP contribution in [0.25, 0.3) is 0 Å². The Morgan fingerprint density at radius 2 is 2.12 bits per heavy atom. The summed E-state index contributed by atoms with van der Waals surface area (Å²) in [5, 5.41) is 3.04. The lowest BCUT2D eigenvalue weighted by molar-refractivity contribution is 0.164. The minimum Gasteiger partial charge on any atom is -0.337 e. The second-order valence-electron chi connectivity index (χ2n) is 5.69. The number of urea groups is 1. The summed E-state index contributed by atoms with van der Waals surface area (Å²) in [6, 6.07) is 0.0876. The van der Waals surface area contributed by atoms with Crippen molar-refractivity contribution in [1.82, 2.24) is 10.2 Å². The molecule has 0 radical (unpaired) electrons. The molecule has 0 aromatic rings. The maximum atomic E-state index is 12.0. The van der Waals surface area contributed by atoms with Gasteiger partial charge in [0.2, 0.25) is 0 Å². The Balaban J connectivity index is 2.47. The van der Waals surface area contributed by atoms with E-state index in [-0.39, 0.29) is 16.3 Å². The third-order valence-corrected chi connectivity index (χ3v) is 4.61. The average molecular weight is 244 g/mol. The van der Waals surface area contributed by atoms with Crippen LogP contribution in [0.3, 0.4) is 0 Å². The summed E-state index contributed by atoms with van der Waals surface area (Å²) in [6.07, 6.45) is 4.30. The van der Waals surface area contributed by atoms with Crippen LogP contribution in [0.15, 0.2) is 0 Å². The maximum absolute atomic E-state index is 12.0. The van der Waals surface area contributed by atoms with Crippen LogP contribution in [0.5, 0.6) is 0 Å². The van der Waals surface area contributed by atoms with E-state index in [2.05, 4.69) is 39.3 Å². The number of nitrogens with zero attached hydrogens (tertiary/aromatic N) is 1. The second-order valence-corrected chi connectivity index (χ2v) is 7.20. The third-order valence-electron chi connectivity index (χ3n) is 3.36. The maximum Gasteiger partial charge on any atom is 0.317 e. The van der Waals surface area contributed by atoms with Crippen molar-refractivity contribution >= 4 is 17.8 Å². The molecule has 4 heteroatoms. The van der Waals surface area contributed by atoms with Crippen molar-refractivity contribution in [2.24, 2.45) is 0 Å². The van der Waals surface area contributed by atoms with Crippen LogP contribution >= 0.6 is 11.8 Å². The first-order chi connectivity index (χ1) is 7.28. The van der Waals surface area contributed by atoms with Gasteiger partial charge in [-0.05, 0) is 46.8 Å². The number of likely N-dealkylation sites (tertiary alicyclic amines) is 1. The molecule has 3 nitrogen and oxygen atoms in total. The number of hydrogen-bond acceptors (Lipinski definition) is 2. The SMILES string of the molecule is CSC(C)(C)CNC(=O)N1CCCC1(C)C. The van der Waals surface area contributed by atoms with Crippen LogP contribution in [0, 0.1) is 0 Å². The molecule has 1 rings (SSSR count). The lowest BCUT2D eigenvalue weighted by Gasteiger charge is -2.33. The van der Waals surface area contributed by atoms with Crippen molar-refractivity contribution in [1.29, 1.82) is 0 Å². The first kappa shape index (κ1) is 13.7. The number of amides is 2. The Hall–Kier alpha value is -0.380. The van der Waals surface area contributed by atoms with Gasteiger partial charge < -0.3 is 10.2 Å². The van der Waals surface area contributed by atoms with E-state index in [1.165, 1.54) is 0 Å². The molecule has 0 unspecified atom stereocenters. The van der Waals surface area contributed by atoms with Gasteiger partial charge in [0.05, 0.1) is 0 Å². The Bertz CT molecular complexity index is 264. The van der Waals surface area contributed by atoms with Gasteiger partial charge >= 0.3 is 6.03 Å². The van der Waals surface area contributed by atoms with Crippen LogP contribution in [-0.2, 0) is 0 Å². The molecule has 0 aromatic carbocycles. The summed E-state index contributed by atoms with van der Waals surface area (Å²) < 4.78 is 0.111. The van der Waals surface area contributed by atoms with Crippen LogP contribution < -0.4 is 5.32 Å². The van der Waals surface area contributed by atoms with Crippen LogP contribution in [0.2, 0.25) is 0 Å². The molecule has 0 spiro atoms. The zero-order chi connectivity index (χ0) is 12.4. The minimum absolute atomic E-state index is 0.0214. The highest BCUT2D eigenvalue weighted by atomic mass is 32.2. The topological polar surface area (TPSA) is 32.3 Å². The Labute approximate surface area is 103 Å². The molecule has 0 atom stereocenters. The van der Waals surface area contributed by atoms with Crippen molar-refractivity contribution in [2.75, 3.05) is 19.3 Å². The average Bonchev–Trinajstić information content (AvgIpc) is 2.55. The predicted octanol–water partition coefficient (Wildman–Crippen LogP) is 2.71. The monoisotopic (exact) mass is 244 g/mol. The number of hydrogen-bond donors (Lipinski definition) is 1. The summed E-state index contributed by atoms with van der Waals surface area (Å²) in [6.45, 7) is 10.2. The lowest BCUT2D eigenvalue weighted by Crippen LogP contribution is -2.50. The summed E-state index contributed by atoms with van der Waals surface area (Å²) in [5.74, 6) is 0. The zero-order valence-corrected chi connectivity index (χ0v) is 11.9. The van der Waals surface area contributed by atoms with E-state index < -0.39 is 0 Å². The Kier molecular flexibility index (Phi) is 4.16. The largest absolute Gasteiger partial charge is 0.337 e. The van der Waals surface area contributed by atoms with E-state index in [9.17, 15) is 4.79 Å². The van der Waals surface area contributed by atoms with E-state index in [1.807, 2.05) is 4.90 Å². The predicted molar refractivity (Wildman–Crippen MR) is 71.0 cm³/mol. The van der Waals surface area contributed by atoms with Gasteiger partial charge in [-0.3, -0.25) is 0 Å². The molecule has 2 amide bonds. The molecule has 1 fully saturated rings. The van der Waals surface area contributed by atoms with E-state index in [1.54, 1.807) is 11.8 Å². The highest BCUT2D eigenvalue weighted by Gasteiger charge is 2.35.